The molecule has 2 heterocycles. The van der Waals surface area contributed by atoms with Gasteiger partial charge in [-0.05, 0) is 0 Å². The van der Waals surface area contributed by atoms with Crippen molar-refractivity contribution in [3.05, 3.63) is 11.8 Å². The lowest BCUT2D eigenvalue weighted by atomic mass is 10.3. The summed E-state index contributed by atoms with van der Waals surface area (Å²) in [6.45, 7) is 0.616. The van der Waals surface area contributed by atoms with E-state index < -0.39 is 0 Å². The van der Waals surface area contributed by atoms with Crippen molar-refractivity contribution in [2.24, 2.45) is 10.7 Å². The zero-order chi connectivity index (χ0) is 6.97. The molecule has 0 amide bonds. The van der Waals surface area contributed by atoms with E-state index in [4.69, 9.17) is 5.73 Å². The second kappa shape index (κ2) is 1.73. The molecule has 0 aromatic carbocycles. The number of hydrogen-bond acceptors (Lipinski definition) is 4. The third-order valence-corrected chi connectivity index (χ3v) is 1.39. The molecule has 1 aliphatic rings. The number of hydrogen-bond donors (Lipinski definition) is 3. The predicted octanol–water partition coefficient (Wildman–Crippen LogP) is -0.350. The van der Waals surface area contributed by atoms with Crippen LogP contribution in [-0.4, -0.2) is 16.2 Å². The Labute approximate surface area is 57.3 Å². The fraction of sp³-hybridized carbons (Fsp3) is 0.200. The number of rotatable bonds is 0. The molecule has 0 bridgehead atoms. The van der Waals surface area contributed by atoms with Gasteiger partial charge in [0.25, 0.3) is 0 Å². The fourth-order valence-electron chi connectivity index (χ4n) is 0.877. The number of anilines is 1. The summed E-state index contributed by atoms with van der Waals surface area (Å²) in [6, 6.07) is 0. The molecule has 10 heavy (non-hydrogen) atoms. The number of H-pyrrole nitrogens is 1. The fourth-order valence-corrected chi connectivity index (χ4v) is 0.877. The van der Waals surface area contributed by atoms with Crippen molar-refractivity contribution in [3.63, 3.8) is 0 Å². The van der Waals surface area contributed by atoms with Gasteiger partial charge in [0, 0.05) is 5.56 Å². The number of nitrogens with zero attached hydrogens (tertiary/aromatic N) is 2. The molecule has 1 aliphatic heterocycles. The molecular weight excluding hydrogens is 130 g/mol. The molecule has 0 unspecified atom stereocenters. The molecule has 0 radical (unpaired) electrons. The molecular formula is C5H7N5. The van der Waals surface area contributed by atoms with E-state index >= 15 is 0 Å². The van der Waals surface area contributed by atoms with E-state index in [-0.39, 0.29) is 0 Å². The summed E-state index contributed by atoms with van der Waals surface area (Å²) < 4.78 is 0. The third-order valence-electron chi connectivity index (χ3n) is 1.39. The first kappa shape index (κ1) is 5.28. The number of aromatic nitrogens is 2. The maximum atomic E-state index is 5.40. The summed E-state index contributed by atoms with van der Waals surface area (Å²) in [5.74, 6) is 1.30. The maximum Gasteiger partial charge on any atom is 0.194 e. The lowest BCUT2D eigenvalue weighted by Gasteiger charge is -2.09. The average molecular weight is 137 g/mol. The minimum absolute atomic E-state index is 0.441. The van der Waals surface area contributed by atoms with Gasteiger partial charge in [-0.25, -0.2) is 4.99 Å². The van der Waals surface area contributed by atoms with Crippen LogP contribution in [0.2, 0.25) is 0 Å². The van der Waals surface area contributed by atoms with Crippen LogP contribution in [0.1, 0.15) is 5.56 Å². The number of nitrogens with one attached hydrogen (secondary N) is 2. The third kappa shape index (κ3) is 0.637. The van der Waals surface area contributed by atoms with E-state index in [0.717, 1.165) is 11.4 Å². The topological polar surface area (TPSA) is 79.1 Å². The average Bonchev–Trinajstić information content (AvgIpc) is 2.33. The van der Waals surface area contributed by atoms with Crippen molar-refractivity contribution in [1.29, 1.82) is 0 Å². The van der Waals surface area contributed by atoms with Crippen LogP contribution < -0.4 is 11.1 Å². The van der Waals surface area contributed by atoms with Gasteiger partial charge >= 0.3 is 0 Å². The van der Waals surface area contributed by atoms with Gasteiger partial charge in [0.15, 0.2) is 5.96 Å². The smallest absolute Gasteiger partial charge is 0.194 e. The highest BCUT2D eigenvalue weighted by Crippen LogP contribution is 2.14. The van der Waals surface area contributed by atoms with E-state index in [1.54, 1.807) is 6.20 Å². The maximum absolute atomic E-state index is 5.40. The summed E-state index contributed by atoms with van der Waals surface area (Å²) in [7, 11) is 0. The normalized spacial score (nSPS) is 15.4. The highest BCUT2D eigenvalue weighted by molar-refractivity contribution is 5.93. The van der Waals surface area contributed by atoms with E-state index in [0.29, 0.717) is 12.5 Å². The lowest BCUT2D eigenvalue weighted by molar-refractivity contribution is 1.04. The highest BCUT2D eigenvalue weighted by atomic mass is 15.2. The van der Waals surface area contributed by atoms with Crippen LogP contribution in [0.3, 0.4) is 0 Å². The molecule has 5 heteroatoms. The Morgan fingerprint density at radius 1 is 1.60 bits per heavy atom. The van der Waals surface area contributed by atoms with Crippen molar-refractivity contribution in [1.82, 2.24) is 10.2 Å². The molecule has 0 atom stereocenters. The zero-order valence-corrected chi connectivity index (χ0v) is 5.26. The van der Waals surface area contributed by atoms with Crippen molar-refractivity contribution in [2.75, 3.05) is 5.32 Å². The SMILES string of the molecule is NC1=NCc2cn[nH]c2N1. The van der Waals surface area contributed by atoms with Crippen molar-refractivity contribution >= 4 is 11.8 Å². The van der Waals surface area contributed by atoms with E-state index in [2.05, 4.69) is 20.5 Å². The second-order valence-corrected chi connectivity index (χ2v) is 2.10. The van der Waals surface area contributed by atoms with Crippen LogP contribution in [0, 0.1) is 0 Å². The summed E-state index contributed by atoms with van der Waals surface area (Å²) in [6.07, 6.45) is 1.73. The Morgan fingerprint density at radius 3 is 3.40 bits per heavy atom. The minimum atomic E-state index is 0.441. The minimum Gasteiger partial charge on any atom is -0.370 e. The quantitative estimate of drug-likeness (QED) is 0.457. The van der Waals surface area contributed by atoms with Gasteiger partial charge in [0.2, 0.25) is 0 Å². The van der Waals surface area contributed by atoms with Gasteiger partial charge in [-0.2, -0.15) is 5.10 Å². The molecule has 0 spiro atoms. The standard InChI is InChI=1S/C5H7N5/c6-5-7-1-3-2-8-10-4(3)9-5/h2H,1H2,(H4,6,7,8,9,10). The molecule has 0 saturated carbocycles. The van der Waals surface area contributed by atoms with Crippen LogP contribution in [-0.2, 0) is 6.54 Å². The Morgan fingerprint density at radius 2 is 2.50 bits per heavy atom. The van der Waals surface area contributed by atoms with Crippen molar-refractivity contribution in [2.45, 2.75) is 6.54 Å². The number of aliphatic imine (C=N–C) groups is 1. The van der Waals surface area contributed by atoms with Gasteiger partial charge in [-0.3, -0.25) is 5.10 Å². The first-order valence-electron chi connectivity index (χ1n) is 2.95. The Balaban J connectivity index is 2.39. The van der Waals surface area contributed by atoms with Gasteiger partial charge in [0.05, 0.1) is 12.7 Å². The Kier molecular flexibility index (Phi) is 0.913. The monoisotopic (exact) mass is 137 g/mol. The van der Waals surface area contributed by atoms with E-state index in [9.17, 15) is 0 Å². The first-order valence-corrected chi connectivity index (χ1v) is 2.95. The molecule has 2 rings (SSSR count). The number of nitrogens with two attached hydrogens (primary N) is 1. The molecule has 4 N–H and O–H groups in total. The van der Waals surface area contributed by atoms with Crippen molar-refractivity contribution in [3.8, 4) is 0 Å². The summed E-state index contributed by atoms with van der Waals surface area (Å²) >= 11 is 0. The van der Waals surface area contributed by atoms with Gasteiger partial charge in [-0.15, -0.1) is 0 Å². The summed E-state index contributed by atoms with van der Waals surface area (Å²) in [5.41, 5.74) is 6.45. The molecule has 0 saturated heterocycles. The zero-order valence-electron chi connectivity index (χ0n) is 5.26. The van der Waals surface area contributed by atoms with Crippen LogP contribution in [0.25, 0.3) is 0 Å². The summed E-state index contributed by atoms with van der Waals surface area (Å²) in [5, 5.41) is 9.44. The van der Waals surface area contributed by atoms with Crippen LogP contribution in [0.15, 0.2) is 11.2 Å². The second-order valence-electron chi connectivity index (χ2n) is 2.10. The van der Waals surface area contributed by atoms with Gasteiger partial charge in [-0.1, -0.05) is 0 Å². The molecule has 1 aromatic heterocycles. The first-order chi connectivity index (χ1) is 4.86. The molecule has 52 valence electrons. The molecule has 5 nitrogen and oxygen atoms in total. The Bertz CT molecular complexity index is 273. The van der Waals surface area contributed by atoms with Gasteiger partial charge in [0.1, 0.15) is 5.82 Å². The molecule has 1 aromatic rings. The number of fused-ring (bicyclic) bond motifs is 1. The van der Waals surface area contributed by atoms with Crippen LogP contribution in [0.5, 0.6) is 0 Å². The molecule has 0 fully saturated rings. The van der Waals surface area contributed by atoms with Gasteiger partial charge < -0.3 is 11.1 Å². The summed E-state index contributed by atoms with van der Waals surface area (Å²) in [4.78, 5) is 3.97. The molecule has 0 aliphatic carbocycles. The largest absolute Gasteiger partial charge is 0.370 e. The Hall–Kier alpha value is -1.52. The van der Waals surface area contributed by atoms with E-state index in [1.165, 1.54) is 0 Å². The number of guanidine groups is 1. The van der Waals surface area contributed by atoms with Crippen LogP contribution in [0.4, 0.5) is 5.82 Å². The predicted molar refractivity (Wildman–Crippen MR) is 37.5 cm³/mol. The van der Waals surface area contributed by atoms with E-state index in [1.807, 2.05) is 0 Å². The van der Waals surface area contributed by atoms with Crippen molar-refractivity contribution < 1.29 is 0 Å². The number of aromatic amines is 1. The lowest BCUT2D eigenvalue weighted by Crippen LogP contribution is -2.25. The van der Waals surface area contributed by atoms with Crippen LogP contribution >= 0.6 is 0 Å². The highest BCUT2D eigenvalue weighted by Gasteiger charge is 2.09.